The number of sulfonamides is 1. The number of hydrogen-bond acceptors (Lipinski definition) is 4. The van der Waals surface area contributed by atoms with Crippen molar-refractivity contribution in [2.45, 2.75) is 18.7 Å². The van der Waals surface area contributed by atoms with Gasteiger partial charge in [0.05, 0.1) is 5.56 Å². The van der Waals surface area contributed by atoms with Gasteiger partial charge in [-0.3, -0.25) is 10.2 Å². The summed E-state index contributed by atoms with van der Waals surface area (Å²) in [6.07, 6.45) is 0. The first kappa shape index (κ1) is 16.1. The monoisotopic (exact) mass is 330 g/mol. The van der Waals surface area contributed by atoms with E-state index in [1.54, 1.807) is 11.8 Å². The number of furan rings is 1. The number of hydrazine groups is 1. The van der Waals surface area contributed by atoms with E-state index in [-0.39, 0.29) is 5.56 Å². The molecule has 0 atom stereocenters. The summed E-state index contributed by atoms with van der Waals surface area (Å²) in [5, 5.41) is 0. The normalized spacial score (nSPS) is 11.5. The molecule has 2 aromatic rings. The third-order valence-electron chi connectivity index (χ3n) is 2.77. The summed E-state index contributed by atoms with van der Waals surface area (Å²) >= 11 is 0. The van der Waals surface area contributed by atoms with E-state index in [0.717, 1.165) is 12.1 Å². The van der Waals surface area contributed by atoms with Crippen molar-refractivity contribution in [1.29, 1.82) is 0 Å². The summed E-state index contributed by atoms with van der Waals surface area (Å²) in [7, 11) is -4.37. The second-order valence-electron chi connectivity index (χ2n) is 4.46. The van der Waals surface area contributed by atoms with Crippen molar-refractivity contribution in [3.63, 3.8) is 0 Å². The second kappa shape index (κ2) is 5.85. The zero-order valence-electron chi connectivity index (χ0n) is 11.6. The van der Waals surface area contributed by atoms with Gasteiger partial charge in [-0.1, -0.05) is 0 Å². The van der Waals surface area contributed by atoms with E-state index in [4.69, 9.17) is 4.42 Å². The van der Waals surface area contributed by atoms with E-state index in [1.165, 1.54) is 13.0 Å². The largest absolute Gasteiger partial charge is 0.466 e. The van der Waals surface area contributed by atoms with Gasteiger partial charge in [-0.2, -0.15) is 0 Å². The first-order valence-corrected chi connectivity index (χ1v) is 7.53. The predicted molar refractivity (Wildman–Crippen MR) is 72.3 cm³/mol. The lowest BCUT2D eigenvalue weighted by atomic mass is 10.2. The SMILES string of the molecule is Cc1cc(C(=O)NNS(=O)(=O)c2ccc(F)cc2F)c(C)o1. The fourth-order valence-corrected chi connectivity index (χ4v) is 2.69. The molecule has 0 unspecified atom stereocenters. The number of aryl methyl sites for hydroxylation is 2. The van der Waals surface area contributed by atoms with Crippen LogP contribution in [0.15, 0.2) is 33.6 Å². The third-order valence-corrected chi connectivity index (χ3v) is 4.05. The summed E-state index contributed by atoms with van der Waals surface area (Å²) in [6, 6.07) is 3.41. The first-order valence-electron chi connectivity index (χ1n) is 6.05. The molecule has 0 radical (unpaired) electrons. The average molecular weight is 330 g/mol. The fourth-order valence-electron chi connectivity index (χ4n) is 1.79. The molecule has 1 amide bonds. The highest BCUT2D eigenvalue weighted by Gasteiger charge is 2.21. The van der Waals surface area contributed by atoms with E-state index in [0.29, 0.717) is 17.6 Å². The summed E-state index contributed by atoms with van der Waals surface area (Å²) in [6.45, 7) is 3.16. The molecule has 118 valence electrons. The Balaban J connectivity index is 2.16. The van der Waals surface area contributed by atoms with Crippen molar-refractivity contribution in [1.82, 2.24) is 10.3 Å². The number of carbonyl (C=O) groups is 1. The van der Waals surface area contributed by atoms with Gasteiger partial charge in [-0.15, -0.1) is 4.83 Å². The van der Waals surface area contributed by atoms with Crippen LogP contribution < -0.4 is 10.3 Å². The van der Waals surface area contributed by atoms with Crippen LogP contribution in [-0.2, 0) is 10.0 Å². The quantitative estimate of drug-likeness (QED) is 0.837. The topological polar surface area (TPSA) is 88.4 Å². The summed E-state index contributed by atoms with van der Waals surface area (Å²) in [5.74, 6) is -2.15. The molecular formula is C13H12F2N2O4S. The first-order chi connectivity index (χ1) is 10.2. The van der Waals surface area contributed by atoms with Gasteiger partial charge in [0, 0.05) is 6.07 Å². The highest BCUT2D eigenvalue weighted by atomic mass is 32.2. The van der Waals surface area contributed by atoms with Gasteiger partial charge < -0.3 is 4.42 Å². The van der Waals surface area contributed by atoms with Crippen molar-refractivity contribution in [2.75, 3.05) is 0 Å². The van der Waals surface area contributed by atoms with Crippen molar-refractivity contribution in [2.24, 2.45) is 0 Å². The Hall–Kier alpha value is -2.26. The van der Waals surface area contributed by atoms with Crippen LogP contribution in [0.5, 0.6) is 0 Å². The molecule has 1 aromatic heterocycles. The van der Waals surface area contributed by atoms with Crippen LogP contribution in [-0.4, -0.2) is 14.3 Å². The second-order valence-corrected chi connectivity index (χ2v) is 6.11. The molecule has 6 nitrogen and oxygen atoms in total. The lowest BCUT2D eigenvalue weighted by molar-refractivity contribution is 0.0943. The molecule has 0 bridgehead atoms. The van der Waals surface area contributed by atoms with Crippen molar-refractivity contribution < 1.29 is 26.4 Å². The van der Waals surface area contributed by atoms with Crippen LogP contribution in [0.25, 0.3) is 0 Å². The minimum atomic E-state index is -4.37. The van der Waals surface area contributed by atoms with Crippen LogP contribution in [0.2, 0.25) is 0 Å². The number of carbonyl (C=O) groups excluding carboxylic acids is 1. The van der Waals surface area contributed by atoms with Crippen LogP contribution in [0, 0.1) is 25.5 Å². The van der Waals surface area contributed by atoms with Gasteiger partial charge in [-0.25, -0.2) is 17.2 Å². The number of hydrogen-bond donors (Lipinski definition) is 2. The molecule has 0 aliphatic rings. The molecule has 2 rings (SSSR count). The maximum Gasteiger partial charge on any atom is 0.269 e. The molecule has 0 fully saturated rings. The molecule has 0 spiro atoms. The maximum absolute atomic E-state index is 13.5. The van der Waals surface area contributed by atoms with Gasteiger partial charge in [0.15, 0.2) is 0 Å². The average Bonchev–Trinajstić information content (AvgIpc) is 2.74. The van der Waals surface area contributed by atoms with Crippen LogP contribution in [0.3, 0.4) is 0 Å². The van der Waals surface area contributed by atoms with Gasteiger partial charge in [-0.05, 0) is 32.0 Å². The molecule has 1 aromatic carbocycles. The van der Waals surface area contributed by atoms with Crippen LogP contribution in [0.4, 0.5) is 8.78 Å². The number of nitrogens with one attached hydrogen (secondary N) is 2. The lowest BCUT2D eigenvalue weighted by Crippen LogP contribution is -2.41. The van der Waals surface area contributed by atoms with E-state index in [1.807, 2.05) is 5.43 Å². The summed E-state index contributed by atoms with van der Waals surface area (Å²) < 4.78 is 55.2. The Kier molecular flexibility index (Phi) is 4.29. The zero-order chi connectivity index (χ0) is 16.5. The predicted octanol–water partition coefficient (Wildman–Crippen LogP) is 1.80. The molecule has 0 saturated carbocycles. The molecule has 1 heterocycles. The minimum absolute atomic E-state index is 0.139. The molecule has 9 heteroatoms. The molecular weight excluding hydrogens is 318 g/mol. The number of benzene rings is 1. The van der Waals surface area contributed by atoms with Gasteiger partial charge in [0.2, 0.25) is 0 Å². The highest BCUT2D eigenvalue weighted by molar-refractivity contribution is 7.89. The Morgan fingerprint density at radius 2 is 1.86 bits per heavy atom. The number of amides is 1. The third kappa shape index (κ3) is 3.31. The van der Waals surface area contributed by atoms with Crippen molar-refractivity contribution >= 4 is 15.9 Å². The van der Waals surface area contributed by atoms with Crippen molar-refractivity contribution in [3.05, 3.63) is 53.0 Å². The maximum atomic E-state index is 13.5. The van der Waals surface area contributed by atoms with Gasteiger partial charge in [0.25, 0.3) is 15.9 Å². The fraction of sp³-hybridized carbons (Fsp3) is 0.154. The summed E-state index contributed by atoms with van der Waals surface area (Å²) in [4.78, 5) is 12.8. The van der Waals surface area contributed by atoms with E-state index in [2.05, 4.69) is 0 Å². The van der Waals surface area contributed by atoms with E-state index >= 15 is 0 Å². The summed E-state index contributed by atoms with van der Waals surface area (Å²) in [5.41, 5.74) is 2.08. The lowest BCUT2D eigenvalue weighted by Gasteiger charge is -2.08. The molecule has 0 aliphatic carbocycles. The van der Waals surface area contributed by atoms with E-state index in [9.17, 15) is 22.0 Å². The smallest absolute Gasteiger partial charge is 0.269 e. The number of halogens is 2. The highest BCUT2D eigenvalue weighted by Crippen LogP contribution is 2.16. The minimum Gasteiger partial charge on any atom is -0.466 e. The molecule has 22 heavy (non-hydrogen) atoms. The molecule has 0 aliphatic heterocycles. The van der Waals surface area contributed by atoms with Crippen LogP contribution in [0.1, 0.15) is 21.9 Å². The van der Waals surface area contributed by atoms with Crippen molar-refractivity contribution in [3.8, 4) is 0 Å². The van der Waals surface area contributed by atoms with Gasteiger partial charge >= 0.3 is 0 Å². The van der Waals surface area contributed by atoms with E-state index < -0.39 is 32.5 Å². The number of rotatable bonds is 4. The Bertz CT molecular complexity index is 831. The van der Waals surface area contributed by atoms with Crippen LogP contribution >= 0.6 is 0 Å². The Labute approximate surface area is 125 Å². The zero-order valence-corrected chi connectivity index (χ0v) is 12.4. The molecule has 0 saturated heterocycles. The molecule has 2 N–H and O–H groups in total. The Morgan fingerprint density at radius 1 is 1.18 bits per heavy atom. The Morgan fingerprint density at radius 3 is 2.41 bits per heavy atom. The standard InChI is InChI=1S/C13H12F2N2O4S/c1-7-5-10(8(2)21-7)13(18)16-17-22(19,20)12-4-3-9(14)6-11(12)15/h3-6,17H,1-2H3,(H,16,18). The van der Waals surface area contributed by atoms with Gasteiger partial charge in [0.1, 0.15) is 28.1 Å².